The van der Waals surface area contributed by atoms with E-state index in [0.29, 0.717) is 32.7 Å². The van der Waals surface area contributed by atoms with Gasteiger partial charge in [-0.3, -0.25) is 4.79 Å². The van der Waals surface area contributed by atoms with Crippen molar-refractivity contribution in [3.63, 3.8) is 0 Å². The van der Waals surface area contributed by atoms with Gasteiger partial charge in [-0.1, -0.05) is 11.6 Å². The van der Waals surface area contributed by atoms with E-state index in [4.69, 9.17) is 16.0 Å². The molecule has 3 aromatic rings. The summed E-state index contributed by atoms with van der Waals surface area (Å²) in [5, 5.41) is 12.0. The van der Waals surface area contributed by atoms with E-state index in [1.165, 1.54) is 12.3 Å². The third-order valence-corrected chi connectivity index (χ3v) is 3.56. The molecule has 0 saturated carbocycles. The molecule has 23 heavy (non-hydrogen) atoms. The van der Waals surface area contributed by atoms with E-state index in [1.54, 1.807) is 36.4 Å². The van der Waals surface area contributed by atoms with Gasteiger partial charge in [-0.05, 0) is 48.0 Å². The molecule has 0 saturated heterocycles. The zero-order valence-electron chi connectivity index (χ0n) is 12.3. The van der Waals surface area contributed by atoms with Crippen molar-refractivity contribution in [1.82, 2.24) is 0 Å². The van der Waals surface area contributed by atoms with Crippen LogP contribution in [0.5, 0.6) is 0 Å². The number of benzene rings is 2. The first-order valence-corrected chi connectivity index (χ1v) is 6.92. The topological polar surface area (TPSA) is 70.3 Å². The van der Waals surface area contributed by atoms with Gasteiger partial charge in [0, 0.05) is 28.4 Å². The Kier molecular flexibility index (Phi) is 5.65. The number of furan rings is 1. The minimum atomic E-state index is -1.20. The van der Waals surface area contributed by atoms with E-state index >= 15 is 0 Å². The average molecular weight is 337 g/mol. The first-order chi connectivity index (χ1) is 10.5. The maximum absolute atomic E-state index is 12.6. The number of hydrogen-bond donors (Lipinski definition) is 0. The van der Waals surface area contributed by atoms with Gasteiger partial charge in [-0.25, -0.2) is 0 Å². The van der Waals surface area contributed by atoms with Crippen LogP contribution in [0, 0.1) is 0 Å². The van der Waals surface area contributed by atoms with Crippen LogP contribution in [0.4, 0.5) is 0 Å². The van der Waals surface area contributed by atoms with Crippen molar-refractivity contribution in [2.24, 2.45) is 0 Å². The molecular weight excluding hydrogens is 327 g/mol. The average Bonchev–Trinajstić information content (AvgIpc) is 2.94. The summed E-state index contributed by atoms with van der Waals surface area (Å²) in [6.45, 7) is 0. The minimum absolute atomic E-state index is 0. The molecule has 0 aliphatic rings. The molecule has 0 bridgehead atoms. The van der Waals surface area contributed by atoms with E-state index < -0.39 is 5.97 Å². The van der Waals surface area contributed by atoms with Crippen molar-refractivity contribution in [2.45, 2.75) is 6.42 Å². The van der Waals surface area contributed by atoms with E-state index in [1.807, 2.05) is 0 Å². The number of carbonyl (C=O) groups excluding carboxylic acids is 2. The van der Waals surface area contributed by atoms with Crippen LogP contribution in [0.15, 0.2) is 53.1 Å². The summed E-state index contributed by atoms with van der Waals surface area (Å²) in [7, 11) is 0. The third-order valence-electron chi connectivity index (χ3n) is 3.31. The summed E-state index contributed by atoms with van der Waals surface area (Å²) < 4.78 is 5.37. The number of halogens is 1. The molecule has 2 aromatic carbocycles. The Bertz CT molecular complexity index is 868. The van der Waals surface area contributed by atoms with Gasteiger partial charge in [-0.2, -0.15) is 0 Å². The number of carboxylic acids is 1. The Balaban J connectivity index is 0.00000192. The molecule has 1 heterocycles. The molecule has 0 fully saturated rings. The zero-order valence-corrected chi connectivity index (χ0v) is 15.1. The second kappa shape index (κ2) is 7.32. The van der Waals surface area contributed by atoms with Crippen molar-refractivity contribution >= 4 is 34.3 Å². The molecule has 4 nitrogen and oxygen atoms in total. The van der Waals surface area contributed by atoms with Crippen LogP contribution in [0.1, 0.15) is 21.5 Å². The van der Waals surface area contributed by atoms with Gasteiger partial charge in [0.05, 0.1) is 11.8 Å². The Hall–Kier alpha value is -1.59. The zero-order chi connectivity index (χ0) is 15.7. The summed E-state index contributed by atoms with van der Waals surface area (Å²) in [6.07, 6.45) is 1.20. The summed E-state index contributed by atoms with van der Waals surface area (Å²) >= 11 is 5.82. The molecule has 3 rings (SSSR count). The fourth-order valence-electron chi connectivity index (χ4n) is 2.34. The number of aliphatic carboxylic acids is 1. The monoisotopic (exact) mass is 336 g/mol. The number of carboxylic acid groups (broad SMARTS) is 1. The Morgan fingerprint density at radius 2 is 1.78 bits per heavy atom. The van der Waals surface area contributed by atoms with Gasteiger partial charge in [-0.15, -0.1) is 0 Å². The van der Waals surface area contributed by atoms with Gasteiger partial charge < -0.3 is 14.3 Å². The third kappa shape index (κ3) is 3.85. The fourth-order valence-corrected chi connectivity index (χ4v) is 2.46. The molecule has 0 amide bonds. The molecule has 0 radical (unpaired) electrons. The van der Waals surface area contributed by atoms with Gasteiger partial charge in [0.2, 0.25) is 0 Å². The van der Waals surface area contributed by atoms with Crippen LogP contribution in [0.3, 0.4) is 0 Å². The van der Waals surface area contributed by atoms with E-state index in [9.17, 15) is 14.7 Å². The van der Waals surface area contributed by atoms with Crippen molar-refractivity contribution in [3.05, 3.63) is 70.4 Å². The standard InChI is InChI=1S/C17H11ClO4.Na/c18-13-3-1-11(2-4-13)16(21)14-8-10(9-15(19)20)7-12-5-6-22-17(12)14;/h1-8H,9H2,(H,19,20);/q;+1/p-1. The second-order valence-corrected chi connectivity index (χ2v) is 5.30. The quantitative estimate of drug-likeness (QED) is 0.481. The number of rotatable bonds is 4. The summed E-state index contributed by atoms with van der Waals surface area (Å²) in [6, 6.07) is 11.4. The SMILES string of the molecule is O=C([O-])Cc1cc(C(=O)c2ccc(Cl)cc2)c2occc2c1.[Na+]. The van der Waals surface area contributed by atoms with Gasteiger partial charge in [0.25, 0.3) is 0 Å². The van der Waals surface area contributed by atoms with E-state index in [2.05, 4.69) is 0 Å². The smallest absolute Gasteiger partial charge is 0.550 e. The van der Waals surface area contributed by atoms with Crippen molar-refractivity contribution < 1.29 is 48.7 Å². The molecular formula is C17H10ClNaO4. The van der Waals surface area contributed by atoms with Crippen LogP contribution >= 0.6 is 11.6 Å². The number of hydrogen-bond acceptors (Lipinski definition) is 4. The van der Waals surface area contributed by atoms with Gasteiger partial charge in [0.15, 0.2) is 5.78 Å². The predicted molar refractivity (Wildman–Crippen MR) is 79.8 cm³/mol. The van der Waals surface area contributed by atoms with Crippen molar-refractivity contribution in [2.75, 3.05) is 0 Å². The molecule has 0 aliphatic heterocycles. The number of fused-ring (bicyclic) bond motifs is 1. The van der Waals surface area contributed by atoms with E-state index in [0.717, 1.165) is 0 Å². The minimum Gasteiger partial charge on any atom is -0.550 e. The fraction of sp³-hybridized carbons (Fsp3) is 0.0588. The summed E-state index contributed by atoms with van der Waals surface area (Å²) in [5.41, 5.74) is 1.70. The first kappa shape index (κ1) is 17.8. The maximum atomic E-state index is 12.6. The molecule has 1 aromatic heterocycles. The maximum Gasteiger partial charge on any atom is 1.00 e. The molecule has 0 N–H and O–H groups in total. The first-order valence-electron chi connectivity index (χ1n) is 6.55. The summed E-state index contributed by atoms with van der Waals surface area (Å²) in [4.78, 5) is 23.4. The molecule has 6 heteroatoms. The van der Waals surface area contributed by atoms with Gasteiger partial charge in [0.1, 0.15) is 5.58 Å². The van der Waals surface area contributed by atoms with Gasteiger partial charge >= 0.3 is 29.6 Å². The van der Waals surface area contributed by atoms with Crippen LogP contribution in [0.2, 0.25) is 5.02 Å². The molecule has 0 atom stereocenters. The summed E-state index contributed by atoms with van der Waals surface area (Å²) in [5.74, 6) is -1.45. The number of ketones is 1. The molecule has 0 unspecified atom stereocenters. The molecule has 0 spiro atoms. The van der Waals surface area contributed by atoms with Crippen molar-refractivity contribution in [3.8, 4) is 0 Å². The normalized spacial score (nSPS) is 10.3. The predicted octanol–water partition coefficient (Wildman–Crippen LogP) is -0.386. The van der Waals surface area contributed by atoms with Crippen LogP contribution < -0.4 is 34.7 Å². The molecule has 0 aliphatic carbocycles. The van der Waals surface area contributed by atoms with Crippen LogP contribution in [0.25, 0.3) is 11.0 Å². The Morgan fingerprint density at radius 1 is 1.09 bits per heavy atom. The Morgan fingerprint density at radius 3 is 2.43 bits per heavy atom. The second-order valence-electron chi connectivity index (χ2n) is 4.87. The van der Waals surface area contributed by atoms with Crippen LogP contribution in [-0.2, 0) is 11.2 Å². The Labute approximate surface area is 159 Å². The number of carbonyl (C=O) groups is 2. The van der Waals surface area contributed by atoms with E-state index in [-0.39, 0.29) is 41.8 Å². The molecule has 110 valence electrons. The van der Waals surface area contributed by atoms with Crippen LogP contribution in [-0.4, -0.2) is 11.8 Å². The van der Waals surface area contributed by atoms with Crippen molar-refractivity contribution in [1.29, 1.82) is 0 Å². The largest absolute Gasteiger partial charge is 1.00 e.